The van der Waals surface area contributed by atoms with Crippen molar-refractivity contribution in [1.29, 1.82) is 0 Å². The second-order valence-corrected chi connectivity index (χ2v) is 6.38. The lowest BCUT2D eigenvalue weighted by Gasteiger charge is -2.22. The van der Waals surface area contributed by atoms with Gasteiger partial charge in [-0.2, -0.15) is 8.78 Å². The molecule has 28 heavy (non-hydrogen) atoms. The molecule has 1 aromatic heterocycles. The van der Waals surface area contributed by atoms with Crippen LogP contribution in [-0.4, -0.2) is 53.5 Å². The van der Waals surface area contributed by atoms with Crippen LogP contribution in [0.25, 0.3) is 0 Å². The summed E-state index contributed by atoms with van der Waals surface area (Å²) in [6.07, 6.45) is 2.55. The molecule has 1 atom stereocenters. The number of ether oxygens (including phenoxy) is 1. The van der Waals surface area contributed by atoms with Crippen molar-refractivity contribution in [3.8, 4) is 5.75 Å². The van der Waals surface area contributed by atoms with Crippen LogP contribution in [0.5, 0.6) is 5.75 Å². The summed E-state index contributed by atoms with van der Waals surface area (Å²) < 4.78 is 31.9. The van der Waals surface area contributed by atoms with Gasteiger partial charge in [0.2, 0.25) is 0 Å². The van der Waals surface area contributed by atoms with Crippen molar-refractivity contribution in [2.75, 3.05) is 25.0 Å². The Morgan fingerprint density at radius 1 is 1.39 bits per heavy atom. The second kappa shape index (κ2) is 9.34. The summed E-state index contributed by atoms with van der Waals surface area (Å²) >= 11 is 0. The number of nitrogens with one attached hydrogen (secondary N) is 2. The Kier molecular flexibility index (Phi) is 6.62. The molecule has 0 bridgehead atoms. The molecule has 0 radical (unpaired) electrons. The zero-order chi connectivity index (χ0) is 19.9. The Morgan fingerprint density at radius 2 is 2.21 bits per heavy atom. The molecule has 8 nitrogen and oxygen atoms in total. The minimum absolute atomic E-state index is 0.134. The van der Waals surface area contributed by atoms with Gasteiger partial charge in [0.1, 0.15) is 12.1 Å². The van der Waals surface area contributed by atoms with Crippen LogP contribution in [0.4, 0.5) is 14.5 Å². The number of anilines is 1. The van der Waals surface area contributed by atoms with Gasteiger partial charge in [0.05, 0.1) is 12.2 Å². The van der Waals surface area contributed by atoms with E-state index in [1.165, 1.54) is 0 Å². The molecule has 1 aromatic carbocycles. The fourth-order valence-corrected chi connectivity index (χ4v) is 3.24. The van der Waals surface area contributed by atoms with Gasteiger partial charge in [-0.3, -0.25) is 4.99 Å². The maximum atomic E-state index is 12.6. The molecule has 0 aliphatic carbocycles. The highest BCUT2D eigenvalue weighted by molar-refractivity contribution is 5.80. The Labute approximate surface area is 162 Å². The summed E-state index contributed by atoms with van der Waals surface area (Å²) in [5, 5.41) is 14.6. The van der Waals surface area contributed by atoms with Crippen LogP contribution in [0.1, 0.15) is 19.2 Å². The molecule has 1 aliphatic heterocycles. The number of benzene rings is 1. The Balaban J connectivity index is 1.56. The Hall–Kier alpha value is -2.91. The van der Waals surface area contributed by atoms with E-state index in [1.54, 1.807) is 31.6 Å². The van der Waals surface area contributed by atoms with Crippen molar-refractivity contribution in [3.05, 3.63) is 36.4 Å². The molecule has 0 amide bonds. The van der Waals surface area contributed by atoms with Gasteiger partial charge in [0, 0.05) is 32.7 Å². The lowest BCUT2D eigenvalue weighted by molar-refractivity contribution is -0.0495. The van der Waals surface area contributed by atoms with Gasteiger partial charge in [-0.25, -0.2) is 0 Å². The number of hydrogen-bond donors (Lipinski definition) is 2. The summed E-state index contributed by atoms with van der Waals surface area (Å²) in [6.45, 7) is 1.90. The molecule has 0 spiro atoms. The van der Waals surface area contributed by atoms with E-state index in [4.69, 9.17) is 0 Å². The van der Waals surface area contributed by atoms with Gasteiger partial charge in [-0.1, -0.05) is 12.1 Å². The molecule has 10 heteroatoms. The van der Waals surface area contributed by atoms with Crippen molar-refractivity contribution in [1.82, 2.24) is 25.4 Å². The highest BCUT2D eigenvalue weighted by atomic mass is 19.3. The lowest BCUT2D eigenvalue weighted by Crippen LogP contribution is -2.44. The van der Waals surface area contributed by atoms with Gasteiger partial charge in [0.15, 0.2) is 11.8 Å². The molecule has 2 N–H and O–H groups in total. The molecule has 2 aromatic rings. The molecule has 1 saturated heterocycles. The predicted molar refractivity (Wildman–Crippen MR) is 103 cm³/mol. The number of aromatic nitrogens is 3. The fraction of sp³-hybridized carbons (Fsp3) is 0.500. The molecule has 1 unspecified atom stereocenters. The number of aryl methyl sites for hydroxylation is 1. The number of aliphatic imine (C=N–C) groups is 1. The van der Waals surface area contributed by atoms with Crippen LogP contribution in [0, 0.1) is 0 Å². The van der Waals surface area contributed by atoms with Crippen LogP contribution in [0.3, 0.4) is 0 Å². The molecule has 1 aliphatic rings. The van der Waals surface area contributed by atoms with E-state index in [9.17, 15) is 8.78 Å². The zero-order valence-corrected chi connectivity index (χ0v) is 16.0. The maximum Gasteiger partial charge on any atom is 0.387 e. The van der Waals surface area contributed by atoms with Crippen LogP contribution < -0.4 is 20.3 Å². The maximum absolute atomic E-state index is 12.6. The largest absolute Gasteiger partial charge is 0.433 e. The monoisotopic (exact) mass is 393 g/mol. The van der Waals surface area contributed by atoms with Crippen molar-refractivity contribution in [2.24, 2.45) is 4.99 Å². The highest BCUT2D eigenvalue weighted by Crippen LogP contribution is 2.31. The third-order valence-electron chi connectivity index (χ3n) is 4.63. The van der Waals surface area contributed by atoms with Crippen LogP contribution >= 0.6 is 0 Å². The smallest absolute Gasteiger partial charge is 0.387 e. The number of nitrogens with zero attached hydrogens (tertiary/aromatic N) is 5. The third-order valence-corrected chi connectivity index (χ3v) is 4.63. The number of hydrogen-bond acceptors (Lipinski definition) is 5. The second-order valence-electron chi connectivity index (χ2n) is 6.38. The van der Waals surface area contributed by atoms with Gasteiger partial charge >= 0.3 is 6.61 Å². The first-order valence-electron chi connectivity index (χ1n) is 9.23. The average molecular weight is 393 g/mol. The van der Waals surface area contributed by atoms with Gasteiger partial charge in [-0.15, -0.1) is 10.2 Å². The van der Waals surface area contributed by atoms with Crippen LogP contribution in [-0.2, 0) is 13.1 Å². The van der Waals surface area contributed by atoms with E-state index in [0.717, 1.165) is 25.3 Å². The van der Waals surface area contributed by atoms with E-state index in [1.807, 2.05) is 22.5 Å². The van der Waals surface area contributed by atoms with Crippen molar-refractivity contribution in [3.63, 3.8) is 0 Å². The molecular weight excluding hydrogens is 368 g/mol. The Bertz CT molecular complexity index is 796. The predicted octanol–water partition coefficient (Wildman–Crippen LogP) is 1.84. The van der Waals surface area contributed by atoms with E-state index in [0.29, 0.717) is 24.7 Å². The van der Waals surface area contributed by atoms with Gasteiger partial charge in [-0.05, 0) is 25.5 Å². The van der Waals surface area contributed by atoms with Gasteiger partial charge < -0.3 is 24.8 Å². The zero-order valence-electron chi connectivity index (χ0n) is 16.0. The summed E-state index contributed by atoms with van der Waals surface area (Å²) in [5.41, 5.74) is 0.672. The quantitative estimate of drug-likeness (QED) is 0.552. The molecule has 152 valence electrons. The summed E-state index contributed by atoms with van der Waals surface area (Å²) in [5.74, 6) is 1.69. The topological polar surface area (TPSA) is 79.6 Å². The Morgan fingerprint density at radius 3 is 2.96 bits per heavy atom. The molecule has 0 saturated carbocycles. The van der Waals surface area contributed by atoms with Crippen LogP contribution in [0.2, 0.25) is 0 Å². The molecule has 1 fully saturated rings. The number of rotatable bonds is 7. The normalized spacial score (nSPS) is 17.2. The number of guanidine groups is 1. The number of para-hydroxylation sites is 2. The van der Waals surface area contributed by atoms with E-state index in [-0.39, 0.29) is 11.8 Å². The van der Waals surface area contributed by atoms with E-state index >= 15 is 0 Å². The fourth-order valence-electron chi connectivity index (χ4n) is 3.24. The number of alkyl halides is 2. The van der Waals surface area contributed by atoms with Crippen LogP contribution in [0.15, 0.2) is 35.6 Å². The van der Waals surface area contributed by atoms with Gasteiger partial charge in [0.25, 0.3) is 0 Å². The van der Waals surface area contributed by atoms with Crippen molar-refractivity contribution in [2.45, 2.75) is 39.1 Å². The van der Waals surface area contributed by atoms with E-state index < -0.39 is 6.61 Å². The lowest BCUT2D eigenvalue weighted by atomic mass is 10.2. The van der Waals surface area contributed by atoms with Crippen molar-refractivity contribution < 1.29 is 13.5 Å². The highest BCUT2D eigenvalue weighted by Gasteiger charge is 2.26. The first-order chi connectivity index (χ1) is 13.6. The molecule has 3 rings (SSSR count). The summed E-state index contributed by atoms with van der Waals surface area (Å²) in [6, 6.07) is 7.00. The SMILES string of the molecule is CCn1cnnc1CNC(=NC)NC1CCN(c2ccccc2OC(F)F)C1. The first-order valence-corrected chi connectivity index (χ1v) is 9.23. The minimum Gasteiger partial charge on any atom is -0.433 e. The summed E-state index contributed by atoms with van der Waals surface area (Å²) in [7, 11) is 1.71. The standard InChI is InChI=1S/C18H25F2N7O/c1-3-26-12-23-25-16(26)10-22-18(21-2)24-13-8-9-27(11-13)14-6-4-5-7-15(14)28-17(19)20/h4-7,12-13,17H,3,8-11H2,1-2H3,(H2,21,22,24). The third kappa shape index (κ3) is 4.87. The first kappa shape index (κ1) is 19.8. The van der Waals surface area contributed by atoms with Crippen molar-refractivity contribution >= 4 is 11.6 Å². The summed E-state index contributed by atoms with van der Waals surface area (Å²) in [4.78, 5) is 6.29. The molecule has 2 heterocycles. The van der Waals surface area contributed by atoms with E-state index in [2.05, 4.69) is 30.6 Å². The minimum atomic E-state index is -2.84. The average Bonchev–Trinajstić information content (AvgIpc) is 3.34. The number of halogens is 2. The molecular formula is C18H25F2N7O.